The molecule has 0 spiro atoms. The second-order valence-electron chi connectivity index (χ2n) is 4.10. The maximum Gasteiger partial charge on any atom is 0.137 e. The molecule has 0 aliphatic carbocycles. The van der Waals surface area contributed by atoms with Crippen LogP contribution in [0, 0.1) is 6.92 Å². The van der Waals surface area contributed by atoms with Gasteiger partial charge in [0.05, 0.1) is 17.8 Å². The molecule has 0 amide bonds. The van der Waals surface area contributed by atoms with E-state index in [0.29, 0.717) is 10.8 Å². The van der Waals surface area contributed by atoms with Gasteiger partial charge in [-0.3, -0.25) is 0 Å². The summed E-state index contributed by atoms with van der Waals surface area (Å²) in [4.78, 5) is 4.38. The summed E-state index contributed by atoms with van der Waals surface area (Å²) in [5, 5.41) is 0.630. The Hall–Kier alpha value is -1.00. The number of ether oxygens (including phenoxy) is 1. The highest BCUT2D eigenvalue weighted by Gasteiger charge is 2.11. The number of imidazole rings is 1. The number of hydrogen-bond acceptors (Lipinski definition) is 2. The number of halogens is 2. The van der Waals surface area contributed by atoms with Crippen LogP contribution in [0.4, 0.5) is 0 Å². The van der Waals surface area contributed by atoms with Crippen molar-refractivity contribution >= 4 is 27.5 Å². The highest BCUT2D eigenvalue weighted by Crippen LogP contribution is 2.27. The number of aryl methyl sites for hydroxylation is 1. The first-order chi connectivity index (χ1) is 8.52. The highest BCUT2D eigenvalue weighted by molar-refractivity contribution is 9.10. The number of hydrogen-bond donors (Lipinski definition) is 0. The number of methoxy groups -OCH3 is 1. The molecule has 0 saturated heterocycles. The fourth-order valence-electron chi connectivity index (χ4n) is 1.82. The van der Waals surface area contributed by atoms with E-state index in [1.165, 1.54) is 0 Å². The van der Waals surface area contributed by atoms with Gasteiger partial charge in [0, 0.05) is 13.5 Å². The van der Waals surface area contributed by atoms with Crippen LogP contribution in [0.25, 0.3) is 0 Å². The van der Waals surface area contributed by atoms with Crippen molar-refractivity contribution in [2.75, 3.05) is 7.11 Å². The minimum atomic E-state index is 0.630. The molecule has 3 nitrogen and oxygen atoms in total. The van der Waals surface area contributed by atoms with Crippen molar-refractivity contribution in [1.29, 1.82) is 0 Å². The summed E-state index contributed by atoms with van der Waals surface area (Å²) in [7, 11) is 3.62. The average Bonchev–Trinajstić information content (AvgIpc) is 2.56. The smallest absolute Gasteiger partial charge is 0.137 e. The molecule has 5 heteroatoms. The topological polar surface area (TPSA) is 27.1 Å². The zero-order chi connectivity index (χ0) is 13.3. The second kappa shape index (κ2) is 5.33. The fourth-order valence-corrected chi connectivity index (χ4v) is 2.76. The van der Waals surface area contributed by atoms with Gasteiger partial charge in [-0.2, -0.15) is 0 Å². The van der Waals surface area contributed by atoms with Crippen LogP contribution >= 0.6 is 27.5 Å². The molecule has 0 N–H and O–H groups in total. The van der Waals surface area contributed by atoms with Crippen LogP contribution in [-0.2, 0) is 13.5 Å². The number of rotatable bonds is 3. The molecule has 0 radical (unpaired) electrons. The number of nitrogens with zero attached hydrogens (tertiary/aromatic N) is 2. The monoisotopic (exact) mass is 328 g/mol. The summed E-state index contributed by atoms with van der Waals surface area (Å²) in [6.45, 7) is 1.98. The summed E-state index contributed by atoms with van der Waals surface area (Å²) in [5.74, 6) is 1.68. The predicted octanol–water partition coefficient (Wildman–Crippen LogP) is 3.74. The zero-order valence-corrected chi connectivity index (χ0v) is 12.8. The molecule has 0 saturated carbocycles. The minimum absolute atomic E-state index is 0.630. The van der Waals surface area contributed by atoms with Gasteiger partial charge < -0.3 is 9.30 Å². The molecule has 1 aromatic carbocycles. The normalized spacial score (nSPS) is 10.7. The SMILES string of the molecule is COc1ccc(Cc2c(Br)nc(C)n2C)cc1Cl. The molecule has 18 heavy (non-hydrogen) atoms. The van der Waals surface area contributed by atoms with E-state index >= 15 is 0 Å². The lowest BCUT2D eigenvalue weighted by molar-refractivity contribution is 0.415. The molecule has 0 fully saturated rings. The maximum atomic E-state index is 6.12. The van der Waals surface area contributed by atoms with Crippen LogP contribution in [0.2, 0.25) is 5.02 Å². The largest absolute Gasteiger partial charge is 0.495 e. The van der Waals surface area contributed by atoms with Gasteiger partial charge in [-0.05, 0) is 40.5 Å². The Morgan fingerprint density at radius 1 is 1.44 bits per heavy atom. The standard InChI is InChI=1S/C13H14BrClN2O/c1-8-16-13(14)11(17(8)2)7-9-4-5-12(18-3)10(15)6-9/h4-6H,7H2,1-3H3. The van der Waals surface area contributed by atoms with E-state index in [1.807, 2.05) is 32.2 Å². The van der Waals surface area contributed by atoms with Gasteiger partial charge in [0.15, 0.2) is 0 Å². The predicted molar refractivity (Wildman–Crippen MR) is 76.5 cm³/mol. The fraction of sp³-hybridized carbons (Fsp3) is 0.308. The molecule has 0 unspecified atom stereocenters. The van der Waals surface area contributed by atoms with Gasteiger partial charge in [0.2, 0.25) is 0 Å². The van der Waals surface area contributed by atoms with E-state index in [1.54, 1.807) is 7.11 Å². The van der Waals surface area contributed by atoms with Crippen LogP contribution in [-0.4, -0.2) is 16.7 Å². The van der Waals surface area contributed by atoms with Gasteiger partial charge in [-0.1, -0.05) is 17.7 Å². The van der Waals surface area contributed by atoms with Gasteiger partial charge in [0.1, 0.15) is 16.2 Å². The number of benzene rings is 1. The Labute approximate surface area is 120 Å². The average molecular weight is 330 g/mol. The minimum Gasteiger partial charge on any atom is -0.495 e. The Kier molecular flexibility index (Phi) is 3.97. The van der Waals surface area contributed by atoms with E-state index in [2.05, 4.69) is 25.5 Å². The van der Waals surface area contributed by atoms with E-state index in [4.69, 9.17) is 16.3 Å². The van der Waals surface area contributed by atoms with Crippen molar-refractivity contribution in [2.45, 2.75) is 13.3 Å². The third-order valence-electron chi connectivity index (χ3n) is 2.98. The first-order valence-electron chi connectivity index (χ1n) is 5.53. The highest BCUT2D eigenvalue weighted by atomic mass is 79.9. The molecule has 1 aromatic heterocycles. The maximum absolute atomic E-state index is 6.12. The lowest BCUT2D eigenvalue weighted by Gasteiger charge is -2.07. The molecule has 96 valence electrons. The van der Waals surface area contributed by atoms with Crippen molar-refractivity contribution in [1.82, 2.24) is 9.55 Å². The van der Waals surface area contributed by atoms with Crippen molar-refractivity contribution in [3.8, 4) is 5.75 Å². The van der Waals surface area contributed by atoms with E-state index in [0.717, 1.165) is 28.1 Å². The Balaban J connectivity index is 2.31. The van der Waals surface area contributed by atoms with Crippen LogP contribution in [0.1, 0.15) is 17.1 Å². The molecular weight excluding hydrogens is 316 g/mol. The molecule has 0 aliphatic heterocycles. The molecule has 0 atom stereocenters. The van der Waals surface area contributed by atoms with Crippen LogP contribution in [0.5, 0.6) is 5.75 Å². The summed E-state index contributed by atoms with van der Waals surface area (Å²) in [6, 6.07) is 5.82. The van der Waals surface area contributed by atoms with Gasteiger partial charge in [-0.15, -0.1) is 0 Å². The Morgan fingerprint density at radius 2 is 2.17 bits per heavy atom. The van der Waals surface area contributed by atoms with E-state index < -0.39 is 0 Å². The third kappa shape index (κ3) is 2.54. The summed E-state index contributed by atoms with van der Waals surface area (Å²) < 4.78 is 8.10. The van der Waals surface area contributed by atoms with Gasteiger partial charge in [0.25, 0.3) is 0 Å². The summed E-state index contributed by atoms with van der Waals surface area (Å²) in [5.41, 5.74) is 2.26. The van der Waals surface area contributed by atoms with Gasteiger partial charge >= 0.3 is 0 Å². The van der Waals surface area contributed by atoms with Crippen molar-refractivity contribution < 1.29 is 4.74 Å². The van der Waals surface area contributed by atoms with Crippen molar-refractivity contribution in [2.24, 2.45) is 7.05 Å². The van der Waals surface area contributed by atoms with E-state index in [9.17, 15) is 0 Å². The second-order valence-corrected chi connectivity index (χ2v) is 5.26. The first-order valence-corrected chi connectivity index (χ1v) is 6.70. The molecule has 0 bridgehead atoms. The van der Waals surface area contributed by atoms with Crippen molar-refractivity contribution in [3.63, 3.8) is 0 Å². The first kappa shape index (κ1) is 13.4. The lowest BCUT2D eigenvalue weighted by atomic mass is 10.1. The van der Waals surface area contributed by atoms with Crippen molar-refractivity contribution in [3.05, 3.63) is 44.9 Å². The quantitative estimate of drug-likeness (QED) is 0.857. The zero-order valence-electron chi connectivity index (χ0n) is 10.5. The lowest BCUT2D eigenvalue weighted by Crippen LogP contribution is -2.00. The molecular formula is C13H14BrClN2O. The third-order valence-corrected chi connectivity index (χ3v) is 3.91. The van der Waals surface area contributed by atoms with Crippen LogP contribution in [0.15, 0.2) is 22.8 Å². The Bertz CT molecular complexity index is 581. The van der Waals surface area contributed by atoms with E-state index in [-0.39, 0.29) is 0 Å². The van der Waals surface area contributed by atoms with Crippen LogP contribution in [0.3, 0.4) is 0 Å². The molecule has 1 heterocycles. The summed E-state index contributed by atoms with van der Waals surface area (Å²) >= 11 is 9.60. The molecule has 2 rings (SSSR count). The van der Waals surface area contributed by atoms with Crippen LogP contribution < -0.4 is 4.74 Å². The van der Waals surface area contributed by atoms with Gasteiger partial charge in [-0.25, -0.2) is 4.98 Å². The molecule has 0 aliphatic rings. The molecule has 2 aromatic rings. The number of aromatic nitrogens is 2. The summed E-state index contributed by atoms with van der Waals surface area (Å²) in [6.07, 6.45) is 0.779. The Morgan fingerprint density at radius 3 is 2.67 bits per heavy atom.